The lowest BCUT2D eigenvalue weighted by Gasteiger charge is -2.20. The molecule has 0 fully saturated rings. The smallest absolute Gasteiger partial charge is 0.313 e. The number of aliphatic carboxylic acids is 1. The predicted molar refractivity (Wildman–Crippen MR) is 78.2 cm³/mol. The monoisotopic (exact) mass is 337 g/mol. The SMILES string of the molecule is CC(C)(C(=O)O)c1ccc(Br)cc1N=O.SS. The molecule has 1 aromatic rings. The quantitative estimate of drug-likeness (QED) is 0.444. The van der Waals surface area contributed by atoms with Crippen molar-refractivity contribution >= 4 is 50.9 Å². The molecule has 0 unspecified atom stereocenters. The van der Waals surface area contributed by atoms with Crippen molar-refractivity contribution in [3.63, 3.8) is 0 Å². The largest absolute Gasteiger partial charge is 0.481 e. The molecule has 0 spiro atoms. The van der Waals surface area contributed by atoms with E-state index in [0.717, 1.165) is 0 Å². The van der Waals surface area contributed by atoms with Crippen LogP contribution in [0.3, 0.4) is 0 Å². The van der Waals surface area contributed by atoms with Crippen molar-refractivity contribution in [2.75, 3.05) is 0 Å². The van der Waals surface area contributed by atoms with Gasteiger partial charge in [-0.05, 0) is 36.7 Å². The van der Waals surface area contributed by atoms with E-state index in [0.29, 0.717) is 10.0 Å². The Balaban J connectivity index is 0.00000121. The Bertz CT molecular complexity index is 424. The average Bonchev–Trinajstić information content (AvgIpc) is 2.30. The number of carboxylic acids is 1. The lowest BCUT2D eigenvalue weighted by atomic mass is 9.84. The molecule has 0 heterocycles. The summed E-state index contributed by atoms with van der Waals surface area (Å²) in [6, 6.07) is 4.79. The summed E-state index contributed by atoms with van der Waals surface area (Å²) in [7, 11) is 0. The molecule has 4 nitrogen and oxygen atoms in total. The number of hydrogen-bond acceptors (Lipinski definition) is 5. The minimum Gasteiger partial charge on any atom is -0.481 e. The van der Waals surface area contributed by atoms with Gasteiger partial charge in [-0.3, -0.25) is 4.79 Å². The average molecular weight is 338 g/mol. The van der Waals surface area contributed by atoms with Gasteiger partial charge < -0.3 is 5.11 Å². The zero-order valence-electron chi connectivity index (χ0n) is 9.22. The van der Waals surface area contributed by atoms with E-state index in [1.54, 1.807) is 12.1 Å². The van der Waals surface area contributed by atoms with E-state index in [9.17, 15) is 9.70 Å². The topological polar surface area (TPSA) is 66.7 Å². The number of rotatable bonds is 3. The molecule has 0 atom stereocenters. The highest BCUT2D eigenvalue weighted by atomic mass is 79.9. The van der Waals surface area contributed by atoms with Crippen molar-refractivity contribution < 1.29 is 9.90 Å². The third-order valence-corrected chi connectivity index (χ3v) is 2.76. The maximum Gasteiger partial charge on any atom is 0.313 e. The molecule has 94 valence electrons. The highest BCUT2D eigenvalue weighted by Crippen LogP contribution is 2.34. The van der Waals surface area contributed by atoms with Crippen molar-refractivity contribution in [3.05, 3.63) is 33.1 Å². The summed E-state index contributed by atoms with van der Waals surface area (Å²) in [5, 5.41) is 11.9. The van der Waals surface area contributed by atoms with E-state index in [1.165, 1.54) is 19.9 Å². The Morgan fingerprint density at radius 3 is 2.35 bits per heavy atom. The molecule has 0 aliphatic rings. The van der Waals surface area contributed by atoms with Crippen molar-refractivity contribution in [1.29, 1.82) is 0 Å². The van der Waals surface area contributed by atoms with Gasteiger partial charge in [0.25, 0.3) is 0 Å². The molecule has 0 saturated carbocycles. The van der Waals surface area contributed by atoms with E-state index < -0.39 is 11.4 Å². The van der Waals surface area contributed by atoms with E-state index >= 15 is 0 Å². The normalized spacial score (nSPS) is 10.2. The van der Waals surface area contributed by atoms with Crippen LogP contribution in [0, 0.1) is 4.91 Å². The minimum atomic E-state index is -1.12. The summed E-state index contributed by atoms with van der Waals surface area (Å²) in [6.07, 6.45) is 0. The van der Waals surface area contributed by atoms with Crippen LogP contribution in [0.4, 0.5) is 5.69 Å². The maximum absolute atomic E-state index is 11.0. The number of halogens is 1. The number of nitroso groups, excluding NO2 is 1. The number of nitrogens with zero attached hydrogens (tertiary/aromatic N) is 1. The number of benzene rings is 1. The number of carbonyl (C=O) groups is 1. The molecule has 7 heteroatoms. The van der Waals surface area contributed by atoms with Gasteiger partial charge in [-0.15, -0.1) is 28.2 Å². The van der Waals surface area contributed by atoms with Crippen molar-refractivity contribution in [2.24, 2.45) is 5.18 Å². The van der Waals surface area contributed by atoms with Crippen molar-refractivity contribution in [1.82, 2.24) is 0 Å². The molecule has 0 aliphatic carbocycles. The molecule has 1 N–H and O–H groups in total. The van der Waals surface area contributed by atoms with Crippen LogP contribution in [-0.2, 0) is 10.2 Å². The molecule has 0 bridgehead atoms. The van der Waals surface area contributed by atoms with E-state index in [2.05, 4.69) is 44.4 Å². The molecule has 0 amide bonds. The third kappa shape index (κ3) is 4.01. The summed E-state index contributed by atoms with van der Waals surface area (Å²) < 4.78 is 0.696. The molecular formula is C10H12BrNO3S2. The molecule has 0 radical (unpaired) electrons. The molecular weight excluding hydrogens is 326 g/mol. The van der Waals surface area contributed by atoms with Crippen LogP contribution in [0.2, 0.25) is 0 Å². The summed E-state index contributed by atoms with van der Waals surface area (Å²) in [5.41, 5.74) is -0.561. The molecule has 0 saturated heterocycles. The lowest BCUT2D eigenvalue weighted by Crippen LogP contribution is -2.28. The molecule has 0 aromatic heterocycles. The van der Waals surface area contributed by atoms with E-state index in [-0.39, 0.29) is 5.69 Å². The number of carboxylic acid groups (broad SMARTS) is 1. The minimum absolute atomic E-state index is 0.150. The van der Waals surface area contributed by atoms with Gasteiger partial charge >= 0.3 is 5.97 Å². The highest BCUT2D eigenvalue weighted by molar-refractivity contribution is 9.10. The Morgan fingerprint density at radius 1 is 1.41 bits per heavy atom. The number of hydrogen-bond donors (Lipinski definition) is 3. The molecule has 1 aromatic carbocycles. The van der Waals surface area contributed by atoms with Gasteiger partial charge in [-0.2, -0.15) is 0 Å². The van der Waals surface area contributed by atoms with Gasteiger partial charge in [0, 0.05) is 4.47 Å². The Hall–Kier alpha value is -0.530. The second-order valence-electron chi connectivity index (χ2n) is 3.68. The summed E-state index contributed by atoms with van der Waals surface area (Å²) in [4.78, 5) is 21.6. The second kappa shape index (κ2) is 7.03. The van der Waals surface area contributed by atoms with Crippen LogP contribution >= 0.6 is 39.3 Å². The number of thiol groups is 2. The van der Waals surface area contributed by atoms with Crippen molar-refractivity contribution in [2.45, 2.75) is 19.3 Å². The molecule has 1 rings (SSSR count). The van der Waals surface area contributed by atoms with Gasteiger partial charge in [-0.1, -0.05) is 22.0 Å². The van der Waals surface area contributed by atoms with Crippen LogP contribution in [-0.4, -0.2) is 11.1 Å². The van der Waals surface area contributed by atoms with Crippen LogP contribution in [0.5, 0.6) is 0 Å². The lowest BCUT2D eigenvalue weighted by molar-refractivity contribution is -0.142. The summed E-state index contributed by atoms with van der Waals surface area (Å²) in [5.74, 6) is -0.991. The highest BCUT2D eigenvalue weighted by Gasteiger charge is 2.32. The Morgan fingerprint density at radius 2 is 1.94 bits per heavy atom. The van der Waals surface area contributed by atoms with Gasteiger partial charge in [-0.25, -0.2) is 0 Å². The standard InChI is InChI=1S/C10H10BrNO3.H2S2/c1-10(2,9(13)14)7-4-3-6(11)5-8(7)12-15;1-2/h3-5H,1-2H3,(H,13,14);1-2H. The fourth-order valence-corrected chi connectivity index (χ4v) is 1.57. The molecule has 0 aliphatic heterocycles. The van der Waals surface area contributed by atoms with Gasteiger partial charge in [0.1, 0.15) is 5.69 Å². The van der Waals surface area contributed by atoms with Gasteiger partial charge in [0.05, 0.1) is 5.41 Å². The molecule has 17 heavy (non-hydrogen) atoms. The summed E-state index contributed by atoms with van der Waals surface area (Å²) >= 11 is 9.64. The summed E-state index contributed by atoms with van der Waals surface area (Å²) in [6.45, 7) is 3.07. The van der Waals surface area contributed by atoms with Crippen LogP contribution in [0.25, 0.3) is 0 Å². The van der Waals surface area contributed by atoms with E-state index in [4.69, 9.17) is 5.11 Å². The van der Waals surface area contributed by atoms with Crippen LogP contribution < -0.4 is 0 Å². The fraction of sp³-hybridized carbons (Fsp3) is 0.300. The van der Waals surface area contributed by atoms with Crippen LogP contribution in [0.15, 0.2) is 27.8 Å². The first kappa shape index (κ1) is 16.5. The second-order valence-corrected chi connectivity index (χ2v) is 4.60. The Kier molecular flexibility index (Phi) is 6.81. The Labute approximate surface area is 118 Å². The predicted octanol–water partition coefficient (Wildman–Crippen LogP) is 3.97. The van der Waals surface area contributed by atoms with E-state index in [1.807, 2.05) is 0 Å². The van der Waals surface area contributed by atoms with Gasteiger partial charge in [0.15, 0.2) is 0 Å². The zero-order chi connectivity index (χ0) is 13.6. The first-order valence-corrected chi connectivity index (χ1v) is 6.85. The third-order valence-electron chi connectivity index (χ3n) is 2.27. The van der Waals surface area contributed by atoms with Crippen LogP contribution in [0.1, 0.15) is 19.4 Å². The maximum atomic E-state index is 11.0. The van der Waals surface area contributed by atoms with Gasteiger partial charge in [0.2, 0.25) is 0 Å². The first-order chi connectivity index (χ1) is 7.89. The zero-order valence-corrected chi connectivity index (χ0v) is 12.6. The van der Waals surface area contributed by atoms with Crippen molar-refractivity contribution in [3.8, 4) is 0 Å². The first-order valence-electron chi connectivity index (χ1n) is 4.46. The fourth-order valence-electron chi connectivity index (χ4n) is 1.22.